The van der Waals surface area contributed by atoms with Crippen molar-refractivity contribution in [3.8, 4) is 17.2 Å². The van der Waals surface area contributed by atoms with Crippen LogP contribution >= 0.6 is 11.8 Å². The molecule has 1 aliphatic rings. The number of nitrogens with two attached hydrogens (primary N) is 1. The number of nitrogens with one attached hydrogen (secondary N) is 1. The molecule has 266 valence electrons. The second-order valence-electron chi connectivity index (χ2n) is 12.7. The third kappa shape index (κ3) is 8.18. The number of aromatic hydroxyl groups is 1. The predicted octanol–water partition coefficient (Wildman–Crippen LogP) is 5.35. The number of fused-ring (bicyclic) bond motifs is 1. The van der Waals surface area contributed by atoms with E-state index >= 15 is 0 Å². The van der Waals surface area contributed by atoms with Gasteiger partial charge in [-0.15, -0.1) is 0 Å². The average molecular weight is 714 g/mol. The molecule has 4 aromatic rings. The lowest BCUT2D eigenvalue weighted by atomic mass is 10.0. The molecule has 13 nitrogen and oxygen atoms in total. The maximum Gasteiger partial charge on any atom is 0.419 e. The Hall–Kier alpha value is -5.76. The zero-order chi connectivity index (χ0) is 37.0. The van der Waals surface area contributed by atoms with Crippen LogP contribution in [0.5, 0.6) is 17.2 Å². The molecule has 0 spiro atoms. The highest BCUT2D eigenvalue weighted by atomic mass is 32.2. The molecule has 51 heavy (non-hydrogen) atoms. The van der Waals surface area contributed by atoms with E-state index in [2.05, 4.69) is 10.3 Å². The van der Waals surface area contributed by atoms with Crippen molar-refractivity contribution in [3.05, 3.63) is 89.0 Å². The monoisotopic (exact) mass is 713 g/mol. The summed E-state index contributed by atoms with van der Waals surface area (Å²) in [7, 11) is 2.79. The van der Waals surface area contributed by atoms with Crippen LogP contribution in [0.4, 0.5) is 10.5 Å². The summed E-state index contributed by atoms with van der Waals surface area (Å²) in [6.07, 6.45) is 2.52. The largest absolute Gasteiger partial charge is 0.502 e. The van der Waals surface area contributed by atoms with Gasteiger partial charge in [0.05, 0.1) is 30.3 Å². The van der Waals surface area contributed by atoms with Crippen molar-refractivity contribution in [1.29, 1.82) is 0 Å². The fourth-order valence-corrected chi connectivity index (χ4v) is 6.46. The normalized spacial score (nSPS) is 16.0. The number of hydrogen-bond acceptors (Lipinski definition) is 10. The Morgan fingerprint density at radius 3 is 2.25 bits per heavy atom. The molecule has 3 amide bonds. The van der Waals surface area contributed by atoms with Crippen LogP contribution in [0.3, 0.4) is 0 Å². The Morgan fingerprint density at radius 2 is 1.65 bits per heavy atom. The van der Waals surface area contributed by atoms with Gasteiger partial charge in [-0.1, -0.05) is 36.4 Å². The van der Waals surface area contributed by atoms with E-state index in [4.69, 9.17) is 19.9 Å². The van der Waals surface area contributed by atoms with Gasteiger partial charge in [0.15, 0.2) is 16.7 Å². The topological polar surface area (TPSA) is 175 Å². The molecule has 1 aliphatic heterocycles. The highest BCUT2D eigenvalue weighted by molar-refractivity contribution is 8.18. The molecule has 0 aliphatic carbocycles. The third-order valence-corrected chi connectivity index (χ3v) is 8.84. The van der Waals surface area contributed by atoms with Crippen LogP contribution in [0.15, 0.2) is 82.8 Å². The number of hydrogen-bond donors (Lipinski definition) is 3. The number of thioether (sulfide) groups is 1. The maximum absolute atomic E-state index is 14.0. The van der Waals surface area contributed by atoms with Gasteiger partial charge in [0, 0.05) is 18.0 Å². The van der Waals surface area contributed by atoms with E-state index in [0.717, 1.165) is 11.8 Å². The van der Waals surface area contributed by atoms with Crippen LogP contribution in [0.1, 0.15) is 38.8 Å². The SMILES string of the molecule is COc1cc(/C=C2\SC(=Nc3ccccc3)N([C@@H](C)C(=O)N[C@@H](Cc3cn(C(=O)OC(C)(C)C)c4ccccc34)C(N)=O)C2=O)cc(OC)c1O. The van der Waals surface area contributed by atoms with Gasteiger partial charge in [-0.3, -0.25) is 23.9 Å². The molecule has 1 saturated heterocycles. The Labute approximate surface area is 299 Å². The fraction of sp³-hybridized carbons (Fsp3) is 0.270. The number of carbonyl (C=O) groups is 4. The van der Waals surface area contributed by atoms with Gasteiger partial charge in [-0.25, -0.2) is 9.79 Å². The highest BCUT2D eigenvalue weighted by Crippen LogP contribution is 2.40. The minimum absolute atomic E-state index is 0.0343. The van der Waals surface area contributed by atoms with Crippen molar-refractivity contribution in [2.45, 2.75) is 51.8 Å². The van der Waals surface area contributed by atoms with Gasteiger partial charge in [-0.2, -0.15) is 0 Å². The number of phenols is 1. The molecule has 14 heteroatoms. The number of nitrogens with zero attached hydrogens (tertiary/aromatic N) is 3. The molecule has 1 aromatic heterocycles. The number of ether oxygens (including phenoxy) is 3. The minimum atomic E-state index is -1.19. The van der Waals surface area contributed by atoms with E-state index in [1.54, 1.807) is 93.7 Å². The summed E-state index contributed by atoms with van der Waals surface area (Å²) in [5.41, 5.74) is 7.25. The maximum atomic E-state index is 14.0. The summed E-state index contributed by atoms with van der Waals surface area (Å²) in [6.45, 7) is 6.81. The van der Waals surface area contributed by atoms with Crippen molar-refractivity contribution < 1.29 is 38.5 Å². The van der Waals surface area contributed by atoms with Crippen molar-refractivity contribution in [3.63, 3.8) is 0 Å². The average Bonchev–Trinajstić information content (AvgIpc) is 3.60. The number of benzene rings is 3. The van der Waals surface area contributed by atoms with Crippen LogP contribution in [-0.4, -0.2) is 75.5 Å². The number of aromatic nitrogens is 1. The molecular weight excluding hydrogens is 675 g/mol. The Bertz CT molecular complexity index is 2030. The first kappa shape index (κ1) is 36.5. The Morgan fingerprint density at radius 1 is 1.02 bits per heavy atom. The predicted molar refractivity (Wildman–Crippen MR) is 195 cm³/mol. The van der Waals surface area contributed by atoms with Gasteiger partial charge in [-0.05, 0) is 87.0 Å². The molecule has 3 aromatic carbocycles. The quantitative estimate of drug-likeness (QED) is 0.183. The molecule has 0 bridgehead atoms. The number of phenolic OH excluding ortho intramolecular Hbond substituents is 1. The van der Waals surface area contributed by atoms with E-state index in [-0.39, 0.29) is 33.7 Å². The number of rotatable bonds is 10. The van der Waals surface area contributed by atoms with E-state index in [1.807, 2.05) is 6.07 Å². The first-order chi connectivity index (χ1) is 24.2. The molecular formula is C37H39N5O8S. The zero-order valence-corrected chi connectivity index (χ0v) is 29.8. The molecule has 5 rings (SSSR count). The van der Waals surface area contributed by atoms with E-state index in [0.29, 0.717) is 27.7 Å². The lowest BCUT2D eigenvalue weighted by Gasteiger charge is -2.25. The van der Waals surface area contributed by atoms with Crippen molar-refractivity contribution >= 4 is 63.4 Å². The molecule has 1 fully saturated rings. The molecule has 0 radical (unpaired) electrons. The number of amidine groups is 1. The van der Waals surface area contributed by atoms with E-state index < -0.39 is 41.5 Å². The second kappa shape index (κ2) is 15.0. The first-order valence-electron chi connectivity index (χ1n) is 15.9. The smallest absolute Gasteiger partial charge is 0.419 e. The number of methoxy groups -OCH3 is 2. The van der Waals surface area contributed by atoms with Crippen LogP contribution in [0, 0.1) is 0 Å². The van der Waals surface area contributed by atoms with E-state index in [9.17, 15) is 24.3 Å². The number of carbonyl (C=O) groups excluding carboxylic acids is 4. The lowest BCUT2D eigenvalue weighted by molar-refractivity contribution is -0.134. The van der Waals surface area contributed by atoms with Gasteiger partial charge in [0.25, 0.3) is 5.91 Å². The van der Waals surface area contributed by atoms with Crippen molar-refractivity contribution in [2.24, 2.45) is 10.7 Å². The summed E-state index contributed by atoms with van der Waals surface area (Å²) in [5, 5.41) is 14.0. The van der Waals surface area contributed by atoms with Crippen LogP contribution < -0.4 is 20.5 Å². The van der Waals surface area contributed by atoms with Crippen LogP contribution in [0.25, 0.3) is 17.0 Å². The molecule has 0 unspecified atom stereocenters. The van der Waals surface area contributed by atoms with Gasteiger partial charge in [0.1, 0.15) is 17.7 Å². The summed E-state index contributed by atoms with van der Waals surface area (Å²) in [6, 6.07) is 16.8. The molecule has 4 N–H and O–H groups in total. The van der Waals surface area contributed by atoms with Gasteiger partial charge < -0.3 is 30.4 Å². The van der Waals surface area contributed by atoms with Crippen LogP contribution in [0.2, 0.25) is 0 Å². The third-order valence-electron chi connectivity index (χ3n) is 7.85. The number of para-hydroxylation sites is 2. The molecule has 2 heterocycles. The Balaban J connectivity index is 1.45. The Kier molecular flexibility index (Phi) is 10.7. The van der Waals surface area contributed by atoms with E-state index in [1.165, 1.54) is 30.6 Å². The standard InChI is InChI=1S/C37H39N5O8S/c1-21(33(45)40-26(32(38)44)19-23-20-41(36(47)50-37(2,3)4)27-15-11-10-14-25(23)27)42-34(46)30(51-35(42)39-24-12-8-7-9-13-24)18-22-16-28(48-5)31(43)29(17-22)49-6/h7-18,20-21,26,43H,19H2,1-6H3,(H2,38,44)(H,40,45)/b30-18-,39-35?/t21-,26-/m0/s1. The minimum Gasteiger partial charge on any atom is -0.502 e. The zero-order valence-electron chi connectivity index (χ0n) is 29.0. The molecule has 0 saturated carbocycles. The summed E-state index contributed by atoms with van der Waals surface area (Å²) < 4.78 is 17.5. The highest BCUT2D eigenvalue weighted by Gasteiger charge is 2.40. The summed E-state index contributed by atoms with van der Waals surface area (Å²) in [4.78, 5) is 59.8. The van der Waals surface area contributed by atoms with Gasteiger partial charge >= 0.3 is 6.09 Å². The number of aliphatic imine (C=N–C) groups is 1. The van der Waals surface area contributed by atoms with Crippen molar-refractivity contribution in [2.75, 3.05) is 14.2 Å². The first-order valence-corrected chi connectivity index (χ1v) is 16.8. The lowest BCUT2D eigenvalue weighted by Crippen LogP contribution is -2.53. The van der Waals surface area contributed by atoms with Crippen molar-refractivity contribution in [1.82, 2.24) is 14.8 Å². The number of amides is 3. The summed E-state index contributed by atoms with van der Waals surface area (Å²) >= 11 is 1.06. The van der Waals surface area contributed by atoms with Crippen LogP contribution in [-0.2, 0) is 25.5 Å². The fourth-order valence-electron chi connectivity index (χ4n) is 5.39. The summed E-state index contributed by atoms with van der Waals surface area (Å²) in [5.74, 6) is -1.87. The van der Waals surface area contributed by atoms with Gasteiger partial charge in [0.2, 0.25) is 17.6 Å². The second-order valence-corrected chi connectivity index (χ2v) is 13.7. The molecule has 2 atom stereocenters. The number of primary amides is 1.